The fraction of sp³-hybridized carbons (Fsp3) is 0.267. The molecule has 0 fully saturated rings. The van der Waals surface area contributed by atoms with Gasteiger partial charge in [-0.3, -0.25) is 0 Å². The van der Waals surface area contributed by atoms with Gasteiger partial charge in [-0.25, -0.2) is 22.0 Å². The van der Waals surface area contributed by atoms with Crippen LogP contribution in [0.25, 0.3) is 10.8 Å². The minimum absolute atomic E-state index is 0.0214. The highest BCUT2D eigenvalue weighted by Gasteiger charge is 2.18. The van der Waals surface area contributed by atoms with Gasteiger partial charge in [0, 0.05) is 10.9 Å². The number of benzene rings is 4. The molecule has 0 saturated heterocycles. The second-order valence-electron chi connectivity index (χ2n) is 9.15. The molecule has 4 aromatic carbocycles. The molecule has 0 radical (unpaired) electrons. The average molecular weight is 535 g/mol. The van der Waals surface area contributed by atoms with E-state index in [1.54, 1.807) is 30.3 Å². The Balaban J connectivity index is 1.46. The molecule has 0 unspecified atom stereocenters. The zero-order valence-corrected chi connectivity index (χ0v) is 20.6. The van der Waals surface area contributed by atoms with Gasteiger partial charge in [0.05, 0.1) is 0 Å². The smallest absolute Gasteiger partial charge is 0.387 e. The standard InChI is InChI=1S/C30H25F7O/c1-2-3-18-13-24(31)23(25(32)14-18)11-6-17-5-10-22-21(12-17)9-8-20(28(22)35)7-4-19-15-26(33)29(27(34)16-19)38-30(36)37/h5,8-10,12-16,30H,2-4,6-7,11H2,1H3. The van der Waals surface area contributed by atoms with E-state index in [2.05, 4.69) is 4.74 Å². The number of hydrogen-bond donors (Lipinski definition) is 0. The Labute approximate surface area is 215 Å². The van der Waals surface area contributed by atoms with Gasteiger partial charge in [0.25, 0.3) is 0 Å². The Morgan fingerprint density at radius 1 is 0.632 bits per heavy atom. The van der Waals surface area contributed by atoms with Gasteiger partial charge in [-0.15, -0.1) is 0 Å². The lowest BCUT2D eigenvalue weighted by Gasteiger charge is -2.11. The third-order valence-electron chi connectivity index (χ3n) is 6.45. The predicted octanol–water partition coefficient (Wildman–Crippen LogP) is 8.66. The second-order valence-corrected chi connectivity index (χ2v) is 9.15. The van der Waals surface area contributed by atoms with E-state index in [-0.39, 0.29) is 30.4 Å². The van der Waals surface area contributed by atoms with Crippen LogP contribution in [-0.4, -0.2) is 6.61 Å². The summed E-state index contributed by atoms with van der Waals surface area (Å²) in [4.78, 5) is 0. The molecular formula is C30H25F7O. The van der Waals surface area contributed by atoms with Gasteiger partial charge in [-0.05, 0) is 84.0 Å². The molecule has 0 bridgehead atoms. The van der Waals surface area contributed by atoms with Crippen molar-refractivity contribution in [1.29, 1.82) is 0 Å². The van der Waals surface area contributed by atoms with Crippen molar-refractivity contribution in [2.45, 2.75) is 52.1 Å². The molecule has 0 aromatic heterocycles. The Bertz CT molecular complexity index is 1400. The highest BCUT2D eigenvalue weighted by atomic mass is 19.3. The molecule has 200 valence electrons. The van der Waals surface area contributed by atoms with Gasteiger partial charge in [-0.1, -0.05) is 43.7 Å². The summed E-state index contributed by atoms with van der Waals surface area (Å²) in [5, 5.41) is 0.944. The summed E-state index contributed by atoms with van der Waals surface area (Å²) in [5.74, 6) is -5.31. The van der Waals surface area contributed by atoms with Crippen molar-refractivity contribution in [3.63, 3.8) is 0 Å². The Morgan fingerprint density at radius 3 is 1.87 bits per heavy atom. The van der Waals surface area contributed by atoms with E-state index in [0.29, 0.717) is 34.7 Å². The first kappa shape index (κ1) is 27.5. The number of halogens is 7. The first-order valence-corrected chi connectivity index (χ1v) is 12.3. The molecule has 0 aliphatic heterocycles. The maximum atomic E-state index is 15.2. The van der Waals surface area contributed by atoms with Crippen molar-refractivity contribution < 1.29 is 35.5 Å². The molecule has 8 heteroatoms. The van der Waals surface area contributed by atoms with Crippen LogP contribution in [0.3, 0.4) is 0 Å². The van der Waals surface area contributed by atoms with Gasteiger partial charge < -0.3 is 4.74 Å². The summed E-state index contributed by atoms with van der Waals surface area (Å²) in [6, 6.07) is 12.8. The number of aryl methyl sites for hydroxylation is 4. The summed E-state index contributed by atoms with van der Waals surface area (Å²) in [6.45, 7) is -1.43. The van der Waals surface area contributed by atoms with Gasteiger partial charge in [-0.2, -0.15) is 8.78 Å². The van der Waals surface area contributed by atoms with E-state index < -0.39 is 41.4 Å². The third-order valence-corrected chi connectivity index (χ3v) is 6.45. The molecule has 0 spiro atoms. The predicted molar refractivity (Wildman–Crippen MR) is 132 cm³/mol. The summed E-state index contributed by atoms with van der Waals surface area (Å²) < 4.78 is 100. The molecule has 0 atom stereocenters. The van der Waals surface area contributed by atoms with Gasteiger partial charge in [0.1, 0.15) is 17.5 Å². The number of ether oxygens (including phenoxy) is 1. The highest BCUT2D eigenvalue weighted by molar-refractivity contribution is 5.84. The molecule has 1 nitrogen and oxygen atoms in total. The molecular weight excluding hydrogens is 509 g/mol. The van der Waals surface area contributed by atoms with E-state index in [1.807, 2.05) is 6.92 Å². The van der Waals surface area contributed by atoms with Crippen LogP contribution < -0.4 is 4.74 Å². The van der Waals surface area contributed by atoms with Gasteiger partial charge >= 0.3 is 6.61 Å². The minimum atomic E-state index is -3.36. The quantitative estimate of drug-likeness (QED) is 0.185. The van der Waals surface area contributed by atoms with Crippen LogP contribution in [0, 0.1) is 29.1 Å². The van der Waals surface area contributed by atoms with Crippen molar-refractivity contribution in [1.82, 2.24) is 0 Å². The number of fused-ring (bicyclic) bond motifs is 1. The monoisotopic (exact) mass is 534 g/mol. The summed E-state index contributed by atoms with van der Waals surface area (Å²) in [7, 11) is 0. The third kappa shape index (κ3) is 6.29. The van der Waals surface area contributed by atoms with Crippen molar-refractivity contribution in [3.8, 4) is 5.75 Å². The average Bonchev–Trinajstić information content (AvgIpc) is 2.85. The lowest BCUT2D eigenvalue weighted by molar-refractivity contribution is -0.0546. The molecule has 0 aliphatic carbocycles. The minimum Gasteiger partial charge on any atom is -0.429 e. The van der Waals surface area contributed by atoms with Gasteiger partial charge in [0.2, 0.25) is 0 Å². The number of alkyl halides is 2. The Morgan fingerprint density at radius 2 is 1.24 bits per heavy atom. The van der Waals surface area contributed by atoms with Gasteiger partial charge in [0.15, 0.2) is 17.4 Å². The second kappa shape index (κ2) is 11.9. The summed E-state index contributed by atoms with van der Waals surface area (Å²) in [6.07, 6.45) is 2.09. The van der Waals surface area contributed by atoms with E-state index in [4.69, 9.17) is 0 Å². The first-order chi connectivity index (χ1) is 18.2. The fourth-order valence-corrected chi connectivity index (χ4v) is 4.57. The Hall–Kier alpha value is -3.55. The first-order valence-electron chi connectivity index (χ1n) is 12.3. The molecule has 0 amide bonds. The maximum absolute atomic E-state index is 15.2. The van der Waals surface area contributed by atoms with Crippen molar-refractivity contribution in [3.05, 3.63) is 112 Å². The maximum Gasteiger partial charge on any atom is 0.387 e. The molecule has 38 heavy (non-hydrogen) atoms. The molecule has 4 rings (SSSR count). The van der Waals surface area contributed by atoms with E-state index >= 15 is 4.39 Å². The van der Waals surface area contributed by atoms with Crippen LogP contribution in [0.1, 0.15) is 41.2 Å². The van der Waals surface area contributed by atoms with Crippen molar-refractivity contribution in [2.24, 2.45) is 0 Å². The molecule has 0 N–H and O–H groups in total. The van der Waals surface area contributed by atoms with Crippen LogP contribution >= 0.6 is 0 Å². The zero-order valence-electron chi connectivity index (χ0n) is 20.6. The number of rotatable bonds is 10. The van der Waals surface area contributed by atoms with E-state index in [0.717, 1.165) is 24.1 Å². The lowest BCUT2D eigenvalue weighted by atomic mass is 9.96. The SMILES string of the molecule is CCCc1cc(F)c(CCc2ccc3c(F)c(CCc4cc(F)c(OC(F)F)c(F)c4)ccc3c2)c(F)c1. The van der Waals surface area contributed by atoms with E-state index in [1.165, 1.54) is 12.1 Å². The highest BCUT2D eigenvalue weighted by Crippen LogP contribution is 2.28. The van der Waals surface area contributed by atoms with Crippen LogP contribution in [-0.2, 0) is 32.1 Å². The van der Waals surface area contributed by atoms with Crippen LogP contribution in [0.2, 0.25) is 0 Å². The summed E-state index contributed by atoms with van der Waals surface area (Å²) >= 11 is 0. The van der Waals surface area contributed by atoms with Crippen LogP contribution in [0.15, 0.2) is 54.6 Å². The summed E-state index contributed by atoms with van der Waals surface area (Å²) in [5.41, 5.74) is 1.91. The molecule has 4 aromatic rings. The Kier molecular flexibility index (Phi) is 8.59. The largest absolute Gasteiger partial charge is 0.429 e. The van der Waals surface area contributed by atoms with Crippen molar-refractivity contribution in [2.75, 3.05) is 0 Å². The topological polar surface area (TPSA) is 9.23 Å². The number of hydrogen-bond acceptors (Lipinski definition) is 1. The van der Waals surface area contributed by atoms with Crippen LogP contribution in [0.5, 0.6) is 5.75 Å². The lowest BCUT2D eigenvalue weighted by Crippen LogP contribution is -2.06. The molecule has 0 heterocycles. The molecule has 0 aliphatic rings. The van der Waals surface area contributed by atoms with E-state index in [9.17, 15) is 26.3 Å². The fourth-order valence-electron chi connectivity index (χ4n) is 4.57. The zero-order chi connectivity index (χ0) is 27.4. The molecule has 0 saturated carbocycles. The van der Waals surface area contributed by atoms with Crippen LogP contribution in [0.4, 0.5) is 30.7 Å². The van der Waals surface area contributed by atoms with Crippen molar-refractivity contribution >= 4 is 10.8 Å². The normalized spacial score (nSPS) is 11.5.